The molecule has 4 aromatic rings. The van der Waals surface area contributed by atoms with E-state index < -0.39 is 0 Å². The van der Waals surface area contributed by atoms with Crippen LogP contribution in [0, 0.1) is 5.82 Å². The van der Waals surface area contributed by atoms with Crippen molar-refractivity contribution in [1.82, 2.24) is 30.4 Å². The van der Waals surface area contributed by atoms with Crippen LogP contribution in [0.2, 0.25) is 0 Å². The number of likely N-dealkylation sites (N-methyl/N-ethyl adjacent to an activating group) is 1. The van der Waals surface area contributed by atoms with Crippen molar-refractivity contribution in [3.63, 3.8) is 0 Å². The van der Waals surface area contributed by atoms with Crippen molar-refractivity contribution in [2.24, 2.45) is 0 Å². The summed E-state index contributed by atoms with van der Waals surface area (Å²) in [5.41, 5.74) is 5.27. The van der Waals surface area contributed by atoms with Crippen molar-refractivity contribution in [3.8, 4) is 11.3 Å². The Kier molecular flexibility index (Phi) is 5.76. The van der Waals surface area contributed by atoms with Crippen LogP contribution in [0.4, 0.5) is 4.39 Å². The number of halogens is 1. The SMILES string of the molecule is CN(C)CCNC(=O)c1ccc(-c2nc3c(F)cc4[nH]ncc4c3c3c2CCCCC3)cn1. The third-order valence-electron chi connectivity index (χ3n) is 6.32. The number of aromatic amines is 1. The van der Waals surface area contributed by atoms with Crippen molar-refractivity contribution in [3.05, 3.63) is 53.2 Å². The second-order valence-electron chi connectivity index (χ2n) is 8.88. The molecule has 5 rings (SSSR count). The van der Waals surface area contributed by atoms with Gasteiger partial charge in [-0.05, 0) is 63.0 Å². The summed E-state index contributed by atoms with van der Waals surface area (Å²) in [6.07, 6.45) is 8.46. The fourth-order valence-corrected chi connectivity index (χ4v) is 4.65. The molecule has 1 aromatic carbocycles. The summed E-state index contributed by atoms with van der Waals surface area (Å²) in [5.74, 6) is -0.568. The zero-order valence-electron chi connectivity index (χ0n) is 18.9. The molecule has 1 amide bonds. The van der Waals surface area contributed by atoms with E-state index in [-0.39, 0.29) is 11.7 Å². The minimum absolute atomic E-state index is 0.206. The number of H-pyrrole nitrogens is 1. The van der Waals surface area contributed by atoms with Crippen LogP contribution in [0.1, 0.15) is 40.9 Å². The van der Waals surface area contributed by atoms with E-state index in [0.717, 1.165) is 71.8 Å². The Labute approximate surface area is 191 Å². The van der Waals surface area contributed by atoms with Gasteiger partial charge in [-0.3, -0.25) is 14.9 Å². The average Bonchev–Trinajstić information content (AvgIpc) is 3.13. The molecule has 33 heavy (non-hydrogen) atoms. The number of rotatable bonds is 5. The fourth-order valence-electron chi connectivity index (χ4n) is 4.65. The minimum Gasteiger partial charge on any atom is -0.349 e. The molecule has 1 aliphatic rings. The standard InChI is InChI=1S/C25H27FN6O/c1-32(2)11-10-27-25(33)20-9-8-15(13-28-20)23-17-7-5-3-4-6-16(17)22-18-14-29-31-21(18)12-19(26)24(22)30-23/h8-9,12-14H,3-7,10-11H2,1-2H3,(H,27,33)(H,29,31). The smallest absolute Gasteiger partial charge is 0.269 e. The molecule has 170 valence electrons. The normalized spacial score (nSPS) is 13.9. The van der Waals surface area contributed by atoms with Gasteiger partial charge in [0.15, 0.2) is 5.82 Å². The lowest BCUT2D eigenvalue weighted by Gasteiger charge is -2.16. The molecule has 0 radical (unpaired) electrons. The van der Waals surface area contributed by atoms with Gasteiger partial charge in [-0.2, -0.15) is 5.10 Å². The first kappa shape index (κ1) is 21.5. The Hall–Kier alpha value is -3.39. The monoisotopic (exact) mass is 446 g/mol. The lowest BCUT2D eigenvalue weighted by molar-refractivity contribution is 0.0946. The zero-order valence-corrected chi connectivity index (χ0v) is 18.9. The maximum atomic E-state index is 15.1. The van der Waals surface area contributed by atoms with Gasteiger partial charge in [0, 0.05) is 41.7 Å². The highest BCUT2D eigenvalue weighted by Crippen LogP contribution is 2.38. The Balaban J connectivity index is 1.58. The van der Waals surface area contributed by atoms with Gasteiger partial charge in [0.1, 0.15) is 11.2 Å². The Morgan fingerprint density at radius 1 is 1.15 bits per heavy atom. The first-order valence-corrected chi connectivity index (χ1v) is 11.4. The topological polar surface area (TPSA) is 86.8 Å². The summed E-state index contributed by atoms with van der Waals surface area (Å²) in [6.45, 7) is 1.31. The quantitative estimate of drug-likeness (QED) is 0.455. The summed E-state index contributed by atoms with van der Waals surface area (Å²) in [7, 11) is 3.91. The third-order valence-corrected chi connectivity index (χ3v) is 6.32. The van der Waals surface area contributed by atoms with E-state index >= 15 is 4.39 Å². The number of amides is 1. The van der Waals surface area contributed by atoms with E-state index in [2.05, 4.69) is 20.5 Å². The molecule has 0 saturated heterocycles. The molecule has 2 N–H and O–H groups in total. The molecular formula is C25H27FN6O. The molecule has 0 aliphatic heterocycles. The van der Waals surface area contributed by atoms with Gasteiger partial charge < -0.3 is 10.2 Å². The molecule has 0 bridgehead atoms. The first-order chi connectivity index (χ1) is 16.0. The molecule has 1 aliphatic carbocycles. The number of aromatic nitrogens is 4. The van der Waals surface area contributed by atoms with Crippen LogP contribution in [0.15, 0.2) is 30.6 Å². The summed E-state index contributed by atoms with van der Waals surface area (Å²) in [5, 5.41) is 11.7. The lowest BCUT2D eigenvalue weighted by atomic mass is 9.92. The predicted molar refractivity (Wildman–Crippen MR) is 127 cm³/mol. The molecule has 8 heteroatoms. The fraction of sp³-hybridized carbons (Fsp3) is 0.360. The minimum atomic E-state index is -0.361. The Morgan fingerprint density at radius 3 is 2.73 bits per heavy atom. The Bertz CT molecular complexity index is 1330. The highest BCUT2D eigenvalue weighted by molar-refractivity contribution is 6.08. The summed E-state index contributed by atoms with van der Waals surface area (Å²) in [6, 6.07) is 5.04. The summed E-state index contributed by atoms with van der Waals surface area (Å²) < 4.78 is 15.1. The number of nitrogens with zero attached hydrogens (tertiary/aromatic N) is 4. The number of fused-ring (bicyclic) bond motifs is 5. The van der Waals surface area contributed by atoms with Crippen LogP contribution in [-0.4, -0.2) is 58.2 Å². The van der Waals surface area contributed by atoms with E-state index in [4.69, 9.17) is 4.98 Å². The van der Waals surface area contributed by atoms with Gasteiger partial charge >= 0.3 is 0 Å². The predicted octanol–water partition coefficient (Wildman–Crippen LogP) is 3.87. The number of hydrogen-bond donors (Lipinski definition) is 2. The van der Waals surface area contributed by atoms with E-state index in [1.54, 1.807) is 18.5 Å². The van der Waals surface area contributed by atoms with Crippen molar-refractivity contribution < 1.29 is 9.18 Å². The van der Waals surface area contributed by atoms with E-state index in [0.29, 0.717) is 23.3 Å². The molecular weight excluding hydrogens is 419 g/mol. The van der Waals surface area contributed by atoms with E-state index in [1.165, 1.54) is 6.07 Å². The molecule has 3 aromatic heterocycles. The number of carbonyl (C=O) groups is 1. The van der Waals surface area contributed by atoms with Gasteiger partial charge in [0.2, 0.25) is 0 Å². The van der Waals surface area contributed by atoms with Gasteiger partial charge in [0.25, 0.3) is 5.91 Å². The van der Waals surface area contributed by atoms with Gasteiger partial charge in [0.05, 0.1) is 17.4 Å². The summed E-state index contributed by atoms with van der Waals surface area (Å²) in [4.78, 5) is 23.6. The second-order valence-corrected chi connectivity index (χ2v) is 8.88. The zero-order chi connectivity index (χ0) is 22.9. The number of carbonyl (C=O) groups excluding carboxylic acids is 1. The average molecular weight is 447 g/mol. The van der Waals surface area contributed by atoms with Crippen LogP contribution >= 0.6 is 0 Å². The maximum Gasteiger partial charge on any atom is 0.269 e. The number of pyridine rings is 2. The number of nitrogens with one attached hydrogen (secondary N) is 2. The highest BCUT2D eigenvalue weighted by Gasteiger charge is 2.22. The van der Waals surface area contributed by atoms with Gasteiger partial charge in [-0.25, -0.2) is 9.37 Å². The molecule has 0 fully saturated rings. The van der Waals surface area contributed by atoms with Crippen molar-refractivity contribution in [2.45, 2.75) is 32.1 Å². The van der Waals surface area contributed by atoms with Crippen LogP contribution in [0.25, 0.3) is 33.1 Å². The van der Waals surface area contributed by atoms with E-state index in [9.17, 15) is 4.79 Å². The molecule has 3 heterocycles. The van der Waals surface area contributed by atoms with Gasteiger partial charge in [-0.1, -0.05) is 6.42 Å². The van der Waals surface area contributed by atoms with Crippen molar-refractivity contribution >= 4 is 27.7 Å². The number of aryl methyl sites for hydroxylation is 1. The van der Waals surface area contributed by atoms with Crippen molar-refractivity contribution in [1.29, 1.82) is 0 Å². The molecule has 0 spiro atoms. The lowest BCUT2D eigenvalue weighted by Crippen LogP contribution is -2.31. The first-order valence-electron chi connectivity index (χ1n) is 11.4. The molecule has 7 nitrogen and oxygen atoms in total. The van der Waals surface area contributed by atoms with Crippen LogP contribution in [-0.2, 0) is 12.8 Å². The van der Waals surface area contributed by atoms with Crippen LogP contribution in [0.3, 0.4) is 0 Å². The van der Waals surface area contributed by atoms with Crippen molar-refractivity contribution in [2.75, 3.05) is 27.2 Å². The second kappa shape index (κ2) is 8.86. The van der Waals surface area contributed by atoms with E-state index in [1.807, 2.05) is 25.1 Å². The summed E-state index contributed by atoms with van der Waals surface area (Å²) >= 11 is 0. The van der Waals surface area contributed by atoms with Crippen LogP contribution in [0.5, 0.6) is 0 Å². The Morgan fingerprint density at radius 2 is 1.97 bits per heavy atom. The molecule has 0 saturated carbocycles. The molecule has 0 atom stereocenters. The maximum absolute atomic E-state index is 15.1. The largest absolute Gasteiger partial charge is 0.349 e. The number of hydrogen-bond acceptors (Lipinski definition) is 5. The third kappa shape index (κ3) is 4.06. The number of benzene rings is 1. The van der Waals surface area contributed by atoms with Gasteiger partial charge in [-0.15, -0.1) is 0 Å². The molecule has 0 unspecified atom stereocenters. The highest BCUT2D eigenvalue weighted by atomic mass is 19.1. The van der Waals surface area contributed by atoms with Crippen LogP contribution < -0.4 is 5.32 Å².